The molecule has 3 fully saturated rings. The Balaban J connectivity index is 0.714. The van der Waals surface area contributed by atoms with E-state index >= 15 is 22.3 Å². The number of carbonyl (C=O) groups excluding carboxylic acids is 3. The Hall–Kier alpha value is -9.99. The molecule has 0 aliphatic carbocycles. The Labute approximate surface area is 705 Å². The van der Waals surface area contributed by atoms with Gasteiger partial charge in [0.2, 0.25) is 17.8 Å². The number of esters is 3. The maximum absolute atomic E-state index is 15.9. The number of ether oxygens (including phenoxy) is 6. The highest BCUT2D eigenvalue weighted by Gasteiger charge is 2.65. The SMILES string of the molecule is CC(C)OC(=O)[C@H](C)NP(=O)(Oc1ccccc1)OC(C)(C)[C@H]1O[C@@H](n2ccc3c(=O)[nH]c(NC(C)OC(=O)[C@H](C)N[P@@](=O)(Oc4ccccc4)OC(C)(C)[C@H]4O[C@@H](n5ccc6c(=O)[nH]c(NC(C)OC(=O)[C@H](C)N[P@](=O)(Oc7ccccc7)OC(C)(C)[C@H]7O[C@@H](n8ccc9c(=O)[nH]c(N)nc98)[C@@](N)(CF)C7O)nc65)[C@@](N)(CF)C4O)nc32)[C@@](N)(CF)C1O. The van der Waals surface area contributed by atoms with Crippen LogP contribution in [0, 0.1) is 0 Å². The van der Waals surface area contributed by atoms with Crippen molar-refractivity contribution >= 4 is 92.1 Å². The average molecular weight is 1800 g/mol. The Bertz CT molecular complexity index is 5720. The number of fused-ring (bicyclic) bond motifs is 3. The lowest BCUT2D eigenvalue weighted by molar-refractivity contribution is -0.150. The lowest BCUT2D eigenvalue weighted by Gasteiger charge is -2.37. The average Bonchev–Trinajstić information content (AvgIpc) is 1.58. The molecule has 0 radical (unpaired) electrons. The maximum Gasteiger partial charge on any atom is 0.460 e. The zero-order valence-corrected chi connectivity index (χ0v) is 72.0. The molecule has 124 heavy (non-hydrogen) atoms. The number of rotatable bonds is 37. The summed E-state index contributed by atoms with van der Waals surface area (Å²) in [7, 11) is -14.6. The van der Waals surface area contributed by atoms with E-state index < -0.39 is 203 Å². The monoisotopic (exact) mass is 1800 g/mol. The van der Waals surface area contributed by atoms with Gasteiger partial charge in [-0.15, -0.1) is 0 Å². The van der Waals surface area contributed by atoms with Crippen molar-refractivity contribution in [3.63, 3.8) is 0 Å². The number of para-hydroxylation sites is 3. The van der Waals surface area contributed by atoms with Crippen LogP contribution in [0.5, 0.6) is 17.2 Å². The van der Waals surface area contributed by atoms with Crippen LogP contribution in [-0.4, -0.2) is 204 Å². The van der Waals surface area contributed by atoms with E-state index in [1.54, 1.807) is 56.3 Å². The first-order chi connectivity index (χ1) is 58.1. The number of halogens is 3. The fourth-order valence-corrected chi connectivity index (χ4v) is 20.1. The van der Waals surface area contributed by atoms with Crippen molar-refractivity contribution < 1.29 is 112 Å². The summed E-state index contributed by atoms with van der Waals surface area (Å²) in [4.78, 5) is 102. The van der Waals surface area contributed by atoms with Gasteiger partial charge in [-0.2, -0.15) is 30.2 Å². The van der Waals surface area contributed by atoms with Gasteiger partial charge in [-0.1, -0.05) is 54.6 Å². The van der Waals surface area contributed by atoms with Crippen molar-refractivity contribution in [3.8, 4) is 17.2 Å². The van der Waals surface area contributed by atoms with E-state index in [1.807, 2.05) is 0 Å². The second-order valence-electron chi connectivity index (χ2n) is 32.2. The number of alkyl halides is 3. The van der Waals surface area contributed by atoms with Crippen molar-refractivity contribution in [2.45, 2.75) is 215 Å². The number of H-pyrrole nitrogens is 3. The second-order valence-corrected chi connectivity index (χ2v) is 37.1. The highest BCUT2D eigenvalue weighted by atomic mass is 31.2. The van der Waals surface area contributed by atoms with Crippen LogP contribution in [0.25, 0.3) is 33.1 Å². The summed E-state index contributed by atoms with van der Waals surface area (Å²) in [6.07, 6.45) is -15.4. The summed E-state index contributed by atoms with van der Waals surface area (Å²) >= 11 is 0. The van der Waals surface area contributed by atoms with Gasteiger partial charge in [-0.05, 0) is 145 Å². The van der Waals surface area contributed by atoms with Gasteiger partial charge in [0.25, 0.3) is 16.7 Å². The van der Waals surface area contributed by atoms with Crippen LogP contribution < -0.4 is 79.1 Å². The number of nitrogen functional groups attached to an aromatic ring is 1. The molecule has 19 N–H and O–H groups in total. The fraction of sp³-hybridized carbons (Fsp3) is 0.487. The summed E-state index contributed by atoms with van der Waals surface area (Å²) in [5, 5.41) is 48.9. The third kappa shape index (κ3) is 19.2. The minimum Gasteiger partial charge on any atom is -0.462 e. The Morgan fingerprint density at radius 3 is 1.02 bits per heavy atom. The minimum atomic E-state index is -5.01. The molecule has 12 rings (SSSR count). The number of aromatic amines is 3. The van der Waals surface area contributed by atoms with Crippen molar-refractivity contribution in [1.82, 2.24) is 58.9 Å². The summed E-state index contributed by atoms with van der Waals surface area (Å²) in [5.74, 6) is -4.10. The third-order valence-electron chi connectivity index (χ3n) is 20.7. The van der Waals surface area contributed by atoms with Gasteiger partial charge in [-0.25, -0.2) is 26.9 Å². The number of aromatic nitrogens is 9. The molecule has 48 heteroatoms. The van der Waals surface area contributed by atoms with Crippen LogP contribution in [0.15, 0.2) is 142 Å². The predicted octanol–water partition coefficient (Wildman–Crippen LogP) is 5.99. The van der Waals surface area contributed by atoms with E-state index in [0.29, 0.717) is 0 Å². The van der Waals surface area contributed by atoms with Gasteiger partial charge in [0.1, 0.15) is 125 Å². The van der Waals surface area contributed by atoms with Gasteiger partial charge >= 0.3 is 41.1 Å². The smallest absolute Gasteiger partial charge is 0.460 e. The van der Waals surface area contributed by atoms with E-state index in [2.05, 4.69) is 55.8 Å². The van der Waals surface area contributed by atoms with E-state index in [1.165, 1.54) is 171 Å². The molecule has 0 spiro atoms. The van der Waals surface area contributed by atoms with Gasteiger partial charge in [0.15, 0.2) is 48.1 Å². The van der Waals surface area contributed by atoms with E-state index in [-0.39, 0.29) is 68.2 Å². The second kappa shape index (κ2) is 35.8. The van der Waals surface area contributed by atoms with Crippen LogP contribution in [0.3, 0.4) is 0 Å². The van der Waals surface area contributed by atoms with Crippen LogP contribution in [0.4, 0.5) is 31.0 Å². The zero-order valence-electron chi connectivity index (χ0n) is 69.3. The van der Waals surface area contributed by atoms with Crippen LogP contribution in [0.1, 0.15) is 109 Å². The number of anilines is 3. The molecule has 9 aromatic rings. The summed E-state index contributed by atoms with van der Waals surface area (Å²) in [6, 6.07) is 22.3. The van der Waals surface area contributed by atoms with E-state index in [9.17, 15) is 48.7 Å². The molecule has 3 saturated heterocycles. The van der Waals surface area contributed by atoms with E-state index in [0.717, 1.165) is 4.57 Å². The molecule has 6 unspecified atom stereocenters. The topological polar surface area (TPSA) is 590 Å². The molecular weight excluding hydrogens is 1700 g/mol. The molecule has 3 aliphatic heterocycles. The molecule has 20 atom stereocenters. The molecule has 6 aromatic heterocycles. The molecule has 3 aliphatic rings. The Morgan fingerprint density at radius 2 is 0.742 bits per heavy atom. The first kappa shape index (κ1) is 93.2. The number of aliphatic hydroxyl groups is 3. The molecular formula is C76H100F3N18O24P3. The molecule has 0 saturated carbocycles. The Kier molecular flexibility index (Phi) is 26.9. The van der Waals surface area contributed by atoms with Crippen molar-refractivity contribution in [2.75, 3.05) is 36.4 Å². The third-order valence-corrected chi connectivity index (χ3v) is 26.3. The lowest BCUT2D eigenvalue weighted by Crippen LogP contribution is -2.58. The van der Waals surface area contributed by atoms with Gasteiger partial charge < -0.3 is 105 Å². The largest absolute Gasteiger partial charge is 0.462 e. The number of nitrogens with two attached hydrogens (primary N) is 4. The zero-order chi connectivity index (χ0) is 90.5. The number of aliphatic hydroxyl groups excluding tert-OH is 3. The quantitative estimate of drug-likeness (QED) is 0.00919. The number of carbonyl (C=O) groups is 3. The normalized spacial score (nSPS) is 25.8. The van der Waals surface area contributed by atoms with Gasteiger partial charge in [-0.3, -0.25) is 57.3 Å². The van der Waals surface area contributed by atoms with Gasteiger partial charge in [0.05, 0.1) is 22.3 Å². The summed E-state index contributed by atoms with van der Waals surface area (Å²) in [5.41, 5.74) is 10.2. The highest BCUT2D eigenvalue weighted by molar-refractivity contribution is 7.52. The van der Waals surface area contributed by atoms with Gasteiger partial charge in [0, 0.05) is 18.6 Å². The molecule has 0 bridgehead atoms. The molecule has 3 aromatic carbocycles. The van der Waals surface area contributed by atoms with Crippen molar-refractivity contribution in [2.24, 2.45) is 17.2 Å². The number of benzene rings is 3. The van der Waals surface area contributed by atoms with Crippen LogP contribution in [0.2, 0.25) is 0 Å². The van der Waals surface area contributed by atoms with E-state index in [4.69, 9.17) is 78.5 Å². The fourth-order valence-electron chi connectivity index (χ4n) is 14.6. The van der Waals surface area contributed by atoms with Crippen molar-refractivity contribution in [3.05, 3.63) is 159 Å². The number of hydrogen-bond donors (Lipinski definition) is 15. The number of hydrogen-bond acceptors (Lipinski definition) is 33. The molecule has 9 heterocycles. The number of nitrogens with zero attached hydrogens (tertiary/aromatic N) is 6. The standard InChI is InChI=1S/C76H100F3N18O24P3/c1-38(2)110-62(104)39(3)92-122(107,116-44-23-17-14-18-24-44)119-72(10,11)54-51(99)75(82,36-78)66(114-54)96-33-30-48-57(96)87-69(90-60(48)102)85-43(7)112-64(106)41(5)94-124(109,118-46-27-21-16-22-28-46)121-73(12,13)55-52(100)76(83,37-79)67(115-55)97-34-31-49-58(97)88-70(91-61(49)103)84-42(6)111-63(105)40(4)93-123(108,117-45-25-19-15-20-26-45)120-71(8,9)53-50(98)74(81,35-77)65(113-53)95-32-29-47-56(95)86-68(80)89-59(47)101/h14-34,38-43,50-55,65-67,98-100H,35-37,81-83H2,1-13H3,(H,92,107)(H,93,108)(H,94,109)(H3,80,86,89,101)(H2,84,88,91,103)(H2,85,87,90,102)/t39-,40-,41-,42?,43?,50?,51?,52?,53-,54-,55-,65+,66+,67+,74+,75+,76+,122?,123-,124+/m0/s1. The first-order valence-corrected chi connectivity index (χ1v) is 43.5. The first-order valence-electron chi connectivity index (χ1n) is 38.9. The van der Waals surface area contributed by atoms with Crippen molar-refractivity contribution in [1.29, 1.82) is 0 Å². The molecule has 42 nitrogen and oxygen atoms in total. The molecule has 0 amide bonds. The highest BCUT2D eigenvalue weighted by Crippen LogP contribution is 2.57. The lowest BCUT2D eigenvalue weighted by atomic mass is 9.86. The number of nitrogens with one attached hydrogen (secondary N) is 8. The van der Waals surface area contributed by atoms with Crippen LogP contribution >= 0.6 is 23.2 Å². The Morgan fingerprint density at radius 1 is 0.468 bits per heavy atom. The summed E-state index contributed by atoms with van der Waals surface area (Å²) < 4.78 is 168. The summed E-state index contributed by atoms with van der Waals surface area (Å²) in [6.45, 7) is 13.3. The van der Waals surface area contributed by atoms with Crippen LogP contribution in [-0.2, 0) is 70.1 Å². The molecule has 674 valence electrons. The minimum absolute atomic E-state index is 0.0299. The predicted molar refractivity (Wildman–Crippen MR) is 441 cm³/mol. The maximum atomic E-state index is 15.9.